The highest BCUT2D eigenvalue weighted by Gasteiger charge is 2.19. The lowest BCUT2D eigenvalue weighted by Crippen LogP contribution is -2.14. The van der Waals surface area contributed by atoms with Crippen molar-refractivity contribution < 1.29 is 0 Å². The van der Waals surface area contributed by atoms with Crippen LogP contribution in [0.2, 0.25) is 0 Å². The van der Waals surface area contributed by atoms with Gasteiger partial charge in [-0.1, -0.05) is 5.21 Å². The maximum Gasteiger partial charge on any atom is 0.191 e. The molecule has 1 aromatic heterocycles. The predicted octanol–water partition coefficient (Wildman–Crippen LogP) is -0.376. The Balaban J connectivity index is 2.12. The van der Waals surface area contributed by atoms with Crippen molar-refractivity contribution in [2.75, 3.05) is 6.54 Å². The van der Waals surface area contributed by atoms with Gasteiger partial charge in [0.2, 0.25) is 0 Å². The van der Waals surface area contributed by atoms with Gasteiger partial charge in [-0.05, 0) is 19.4 Å². The summed E-state index contributed by atoms with van der Waals surface area (Å²) < 4.78 is 0. The first-order valence-corrected chi connectivity index (χ1v) is 3.43. The number of tetrazole rings is 1. The monoisotopic (exact) mass is 139 g/mol. The van der Waals surface area contributed by atoms with Crippen LogP contribution in [0.1, 0.15) is 24.7 Å². The van der Waals surface area contributed by atoms with Gasteiger partial charge in [0.1, 0.15) is 0 Å². The van der Waals surface area contributed by atoms with Crippen LogP contribution in [0.4, 0.5) is 0 Å². The average molecular weight is 139 g/mol. The maximum atomic E-state index is 3.89. The van der Waals surface area contributed by atoms with Crippen LogP contribution in [0.3, 0.4) is 0 Å². The van der Waals surface area contributed by atoms with Crippen LogP contribution in [0.5, 0.6) is 0 Å². The number of nitrogens with one attached hydrogen (secondary N) is 2. The first-order chi connectivity index (χ1) is 4.97. The zero-order valence-electron chi connectivity index (χ0n) is 5.54. The van der Waals surface area contributed by atoms with E-state index in [4.69, 9.17) is 0 Å². The summed E-state index contributed by atoms with van der Waals surface area (Å²) in [5.74, 6) is 0.789. The standard InChI is InChI=1S/C5H9N5/c1-2-4(6-3-1)5-7-9-10-8-5/h4,6H,1-3H2,(H,7,8,9,10)/t4-/m1/s1. The summed E-state index contributed by atoms with van der Waals surface area (Å²) in [5.41, 5.74) is 0. The molecule has 5 nitrogen and oxygen atoms in total. The van der Waals surface area contributed by atoms with Crippen LogP contribution in [0.25, 0.3) is 0 Å². The Kier molecular flexibility index (Phi) is 1.35. The van der Waals surface area contributed by atoms with Gasteiger partial charge in [0.25, 0.3) is 0 Å². The quantitative estimate of drug-likeness (QED) is 0.556. The fourth-order valence-corrected chi connectivity index (χ4v) is 1.22. The van der Waals surface area contributed by atoms with E-state index < -0.39 is 0 Å². The number of aromatic nitrogens is 4. The smallest absolute Gasteiger partial charge is 0.191 e. The number of aromatic amines is 1. The summed E-state index contributed by atoms with van der Waals surface area (Å²) in [6.45, 7) is 1.07. The molecule has 1 aliphatic rings. The third-order valence-electron chi connectivity index (χ3n) is 1.73. The first-order valence-electron chi connectivity index (χ1n) is 3.43. The molecular formula is C5H9N5. The van der Waals surface area contributed by atoms with Gasteiger partial charge in [0, 0.05) is 0 Å². The fourth-order valence-electron chi connectivity index (χ4n) is 1.22. The van der Waals surface area contributed by atoms with Crippen molar-refractivity contribution in [3.05, 3.63) is 5.82 Å². The van der Waals surface area contributed by atoms with E-state index in [1.165, 1.54) is 6.42 Å². The van der Waals surface area contributed by atoms with E-state index in [9.17, 15) is 0 Å². The van der Waals surface area contributed by atoms with Crippen LogP contribution in [-0.2, 0) is 0 Å². The van der Waals surface area contributed by atoms with Crippen molar-refractivity contribution in [2.45, 2.75) is 18.9 Å². The second-order valence-corrected chi connectivity index (χ2v) is 2.42. The van der Waals surface area contributed by atoms with Gasteiger partial charge in [0.15, 0.2) is 5.82 Å². The molecule has 5 heteroatoms. The molecule has 1 atom stereocenters. The number of hydrogen-bond acceptors (Lipinski definition) is 4. The van der Waals surface area contributed by atoms with Crippen LogP contribution in [0, 0.1) is 0 Å². The molecule has 0 saturated carbocycles. The van der Waals surface area contributed by atoms with E-state index in [0.29, 0.717) is 6.04 Å². The van der Waals surface area contributed by atoms with Crippen molar-refractivity contribution in [3.8, 4) is 0 Å². The van der Waals surface area contributed by atoms with Crippen LogP contribution in [0.15, 0.2) is 0 Å². The molecule has 1 fully saturated rings. The van der Waals surface area contributed by atoms with Crippen molar-refractivity contribution in [2.24, 2.45) is 0 Å². The number of nitrogens with zero attached hydrogens (tertiary/aromatic N) is 3. The van der Waals surface area contributed by atoms with E-state index >= 15 is 0 Å². The summed E-state index contributed by atoms with van der Waals surface area (Å²) in [7, 11) is 0. The summed E-state index contributed by atoms with van der Waals surface area (Å²) in [6, 6.07) is 0.332. The van der Waals surface area contributed by atoms with Gasteiger partial charge in [0.05, 0.1) is 6.04 Å². The van der Waals surface area contributed by atoms with Crippen molar-refractivity contribution >= 4 is 0 Å². The first kappa shape index (κ1) is 5.79. The Morgan fingerprint density at radius 1 is 1.50 bits per heavy atom. The molecule has 0 radical (unpaired) electrons. The number of H-pyrrole nitrogens is 1. The molecule has 1 aliphatic heterocycles. The zero-order valence-corrected chi connectivity index (χ0v) is 5.54. The van der Waals surface area contributed by atoms with Gasteiger partial charge in [-0.2, -0.15) is 5.21 Å². The molecule has 54 valence electrons. The highest BCUT2D eigenvalue weighted by Crippen LogP contribution is 2.17. The normalized spacial score (nSPS) is 25.4. The molecule has 1 aromatic rings. The lowest BCUT2D eigenvalue weighted by atomic mass is 10.2. The van der Waals surface area contributed by atoms with Crippen LogP contribution < -0.4 is 5.32 Å². The van der Waals surface area contributed by atoms with E-state index in [1.54, 1.807) is 0 Å². The molecule has 2 N–H and O–H groups in total. The van der Waals surface area contributed by atoms with Gasteiger partial charge in [-0.3, -0.25) is 0 Å². The Morgan fingerprint density at radius 3 is 3.10 bits per heavy atom. The molecule has 0 amide bonds. The second kappa shape index (κ2) is 2.34. The largest absolute Gasteiger partial charge is 0.307 e. The topological polar surface area (TPSA) is 66.5 Å². The van der Waals surface area contributed by atoms with Gasteiger partial charge in [-0.15, -0.1) is 10.2 Å². The lowest BCUT2D eigenvalue weighted by Gasteiger charge is -2.00. The number of rotatable bonds is 1. The summed E-state index contributed by atoms with van der Waals surface area (Å²) in [5, 5.41) is 17.0. The third kappa shape index (κ3) is 0.881. The van der Waals surface area contributed by atoms with E-state index in [2.05, 4.69) is 25.9 Å². The van der Waals surface area contributed by atoms with Crippen LogP contribution in [-0.4, -0.2) is 27.2 Å². The Morgan fingerprint density at radius 2 is 2.50 bits per heavy atom. The van der Waals surface area contributed by atoms with Crippen molar-refractivity contribution in [1.82, 2.24) is 25.9 Å². The molecule has 0 aliphatic carbocycles. The molecule has 1 saturated heterocycles. The minimum Gasteiger partial charge on any atom is -0.307 e. The summed E-state index contributed by atoms with van der Waals surface area (Å²) in [4.78, 5) is 0. The minimum atomic E-state index is 0.332. The highest BCUT2D eigenvalue weighted by atomic mass is 15.5. The second-order valence-electron chi connectivity index (χ2n) is 2.42. The molecular weight excluding hydrogens is 130 g/mol. The predicted molar refractivity (Wildman–Crippen MR) is 34.2 cm³/mol. The molecule has 0 unspecified atom stereocenters. The summed E-state index contributed by atoms with van der Waals surface area (Å²) >= 11 is 0. The molecule has 10 heavy (non-hydrogen) atoms. The molecule has 0 aromatic carbocycles. The van der Waals surface area contributed by atoms with Gasteiger partial charge < -0.3 is 5.32 Å². The molecule has 2 heterocycles. The fraction of sp³-hybridized carbons (Fsp3) is 0.800. The van der Waals surface area contributed by atoms with Crippen molar-refractivity contribution in [3.63, 3.8) is 0 Å². The highest BCUT2D eigenvalue weighted by molar-refractivity contribution is 4.91. The lowest BCUT2D eigenvalue weighted by molar-refractivity contribution is 0.606. The third-order valence-corrected chi connectivity index (χ3v) is 1.73. The number of hydrogen-bond donors (Lipinski definition) is 2. The van der Waals surface area contributed by atoms with E-state index in [1.807, 2.05) is 0 Å². The van der Waals surface area contributed by atoms with Crippen molar-refractivity contribution in [1.29, 1.82) is 0 Å². The molecule has 2 rings (SSSR count). The Hall–Kier alpha value is -0.970. The Bertz CT molecular complexity index is 188. The minimum absolute atomic E-state index is 0.332. The van der Waals surface area contributed by atoms with Crippen LogP contribution >= 0.6 is 0 Å². The van der Waals surface area contributed by atoms with E-state index in [0.717, 1.165) is 18.8 Å². The summed E-state index contributed by atoms with van der Waals surface area (Å²) in [6.07, 6.45) is 2.33. The maximum absolute atomic E-state index is 3.89. The average Bonchev–Trinajstić information content (AvgIpc) is 2.59. The zero-order chi connectivity index (χ0) is 6.81. The van der Waals surface area contributed by atoms with Gasteiger partial charge >= 0.3 is 0 Å². The molecule has 0 bridgehead atoms. The van der Waals surface area contributed by atoms with Gasteiger partial charge in [-0.25, -0.2) is 0 Å². The molecule has 0 spiro atoms. The SMILES string of the molecule is C1CN[C@@H](c2nn[nH]n2)C1. The van der Waals surface area contributed by atoms with E-state index in [-0.39, 0.29) is 0 Å². The Labute approximate surface area is 58.2 Å².